The minimum atomic E-state index is -0.564. The van der Waals surface area contributed by atoms with Gasteiger partial charge in [0.15, 0.2) is 0 Å². The van der Waals surface area contributed by atoms with E-state index < -0.39 is 11.6 Å². The topological polar surface area (TPSA) is 42.7 Å². The molecule has 0 saturated carbocycles. The van der Waals surface area contributed by atoms with Crippen LogP contribution >= 0.6 is 0 Å². The first kappa shape index (κ1) is 12.6. The quantitative estimate of drug-likeness (QED) is 0.884. The molecule has 1 heterocycles. The van der Waals surface area contributed by atoms with Gasteiger partial charge in [-0.15, -0.1) is 5.10 Å². The SMILES string of the molecule is CC(NCCn1ccnn1)c1ccc(F)cc1F. The van der Waals surface area contributed by atoms with Crippen LogP contribution in [0.4, 0.5) is 8.78 Å². The standard InChI is InChI=1S/C12H14F2N4/c1-9(11-3-2-10(13)8-12(11)14)15-4-6-18-7-5-16-17-18/h2-3,5,7-9,15H,4,6H2,1H3. The zero-order valence-corrected chi connectivity index (χ0v) is 9.98. The van der Waals surface area contributed by atoms with E-state index in [-0.39, 0.29) is 6.04 Å². The predicted octanol–water partition coefficient (Wildman–Crippen LogP) is 1.91. The largest absolute Gasteiger partial charge is 0.308 e. The fraction of sp³-hybridized carbons (Fsp3) is 0.333. The highest BCUT2D eigenvalue weighted by atomic mass is 19.1. The van der Waals surface area contributed by atoms with Gasteiger partial charge in [-0.3, -0.25) is 4.68 Å². The number of hydrogen-bond acceptors (Lipinski definition) is 3. The van der Waals surface area contributed by atoms with E-state index >= 15 is 0 Å². The highest BCUT2D eigenvalue weighted by Crippen LogP contribution is 2.17. The number of benzene rings is 1. The van der Waals surface area contributed by atoms with Crippen LogP contribution in [0.25, 0.3) is 0 Å². The van der Waals surface area contributed by atoms with E-state index in [1.807, 2.05) is 6.92 Å². The van der Waals surface area contributed by atoms with Crippen LogP contribution in [0.1, 0.15) is 18.5 Å². The number of halogens is 2. The number of hydrogen-bond donors (Lipinski definition) is 1. The highest BCUT2D eigenvalue weighted by molar-refractivity contribution is 5.21. The van der Waals surface area contributed by atoms with Crippen LogP contribution in [0.5, 0.6) is 0 Å². The summed E-state index contributed by atoms with van der Waals surface area (Å²) >= 11 is 0. The Balaban J connectivity index is 1.89. The normalized spacial score (nSPS) is 12.6. The van der Waals surface area contributed by atoms with E-state index in [4.69, 9.17) is 0 Å². The Kier molecular flexibility index (Phi) is 3.99. The Morgan fingerprint density at radius 2 is 2.22 bits per heavy atom. The lowest BCUT2D eigenvalue weighted by molar-refractivity contribution is 0.480. The van der Waals surface area contributed by atoms with Crippen molar-refractivity contribution in [3.63, 3.8) is 0 Å². The molecule has 0 saturated heterocycles. The monoisotopic (exact) mass is 252 g/mol. The summed E-state index contributed by atoms with van der Waals surface area (Å²) in [5.41, 5.74) is 0.454. The van der Waals surface area contributed by atoms with Crippen molar-refractivity contribution >= 4 is 0 Å². The smallest absolute Gasteiger partial charge is 0.130 e. The Labute approximate surface area is 104 Å². The molecule has 1 aromatic carbocycles. The zero-order chi connectivity index (χ0) is 13.0. The van der Waals surface area contributed by atoms with Gasteiger partial charge in [-0.1, -0.05) is 11.3 Å². The summed E-state index contributed by atoms with van der Waals surface area (Å²) in [6, 6.07) is 3.42. The third-order valence-electron chi connectivity index (χ3n) is 2.69. The maximum Gasteiger partial charge on any atom is 0.130 e. The van der Waals surface area contributed by atoms with Gasteiger partial charge in [0.2, 0.25) is 0 Å². The van der Waals surface area contributed by atoms with Crippen LogP contribution in [0.15, 0.2) is 30.6 Å². The molecule has 0 aliphatic rings. The zero-order valence-electron chi connectivity index (χ0n) is 9.98. The van der Waals surface area contributed by atoms with Gasteiger partial charge >= 0.3 is 0 Å². The number of nitrogens with zero attached hydrogens (tertiary/aromatic N) is 3. The lowest BCUT2D eigenvalue weighted by Gasteiger charge is -2.14. The van der Waals surface area contributed by atoms with E-state index in [0.717, 1.165) is 6.07 Å². The van der Waals surface area contributed by atoms with E-state index in [0.29, 0.717) is 18.7 Å². The van der Waals surface area contributed by atoms with E-state index in [1.165, 1.54) is 12.1 Å². The Morgan fingerprint density at radius 1 is 1.39 bits per heavy atom. The maximum absolute atomic E-state index is 13.5. The first-order valence-electron chi connectivity index (χ1n) is 5.69. The first-order chi connectivity index (χ1) is 8.66. The summed E-state index contributed by atoms with van der Waals surface area (Å²) in [6.45, 7) is 3.10. The molecule has 2 rings (SSSR count). The van der Waals surface area contributed by atoms with Crippen LogP contribution in [0, 0.1) is 11.6 Å². The molecule has 0 spiro atoms. The van der Waals surface area contributed by atoms with Gasteiger partial charge < -0.3 is 5.32 Å². The van der Waals surface area contributed by atoms with Crippen molar-refractivity contribution in [3.8, 4) is 0 Å². The minimum Gasteiger partial charge on any atom is -0.308 e. The molecule has 4 nitrogen and oxygen atoms in total. The maximum atomic E-state index is 13.5. The van der Waals surface area contributed by atoms with Crippen LogP contribution in [-0.4, -0.2) is 21.5 Å². The molecule has 1 unspecified atom stereocenters. The molecule has 2 aromatic rings. The predicted molar refractivity (Wildman–Crippen MR) is 62.8 cm³/mol. The fourth-order valence-electron chi connectivity index (χ4n) is 1.71. The summed E-state index contributed by atoms with van der Waals surface area (Å²) in [6.07, 6.45) is 3.36. The molecule has 6 heteroatoms. The number of nitrogens with one attached hydrogen (secondary N) is 1. The Morgan fingerprint density at radius 3 is 2.89 bits per heavy atom. The van der Waals surface area contributed by atoms with Crippen molar-refractivity contribution in [1.29, 1.82) is 0 Å². The number of aromatic nitrogens is 3. The summed E-state index contributed by atoms with van der Waals surface area (Å²) in [5.74, 6) is -1.10. The highest BCUT2D eigenvalue weighted by Gasteiger charge is 2.10. The van der Waals surface area contributed by atoms with Crippen LogP contribution < -0.4 is 5.32 Å². The molecule has 18 heavy (non-hydrogen) atoms. The second-order valence-corrected chi connectivity index (χ2v) is 4.01. The van der Waals surface area contributed by atoms with Crippen molar-refractivity contribution in [2.45, 2.75) is 19.5 Å². The molecule has 0 bridgehead atoms. The average Bonchev–Trinajstić information content (AvgIpc) is 2.81. The van der Waals surface area contributed by atoms with Crippen molar-refractivity contribution in [2.24, 2.45) is 0 Å². The van der Waals surface area contributed by atoms with Crippen molar-refractivity contribution in [2.75, 3.05) is 6.54 Å². The van der Waals surface area contributed by atoms with Gasteiger partial charge in [0.05, 0.1) is 12.7 Å². The molecule has 0 fully saturated rings. The molecule has 0 aliphatic heterocycles. The lowest BCUT2D eigenvalue weighted by atomic mass is 10.1. The van der Waals surface area contributed by atoms with Gasteiger partial charge in [0.25, 0.3) is 0 Å². The van der Waals surface area contributed by atoms with Crippen molar-refractivity contribution in [1.82, 2.24) is 20.3 Å². The average molecular weight is 252 g/mol. The minimum absolute atomic E-state index is 0.186. The third kappa shape index (κ3) is 3.10. The molecule has 0 aliphatic carbocycles. The molecular weight excluding hydrogens is 238 g/mol. The fourth-order valence-corrected chi connectivity index (χ4v) is 1.71. The molecule has 0 amide bonds. The number of rotatable bonds is 5. The van der Waals surface area contributed by atoms with Gasteiger partial charge in [-0.2, -0.15) is 0 Å². The summed E-state index contributed by atoms with van der Waals surface area (Å²) < 4.78 is 27.9. The first-order valence-corrected chi connectivity index (χ1v) is 5.69. The summed E-state index contributed by atoms with van der Waals surface area (Å²) in [5, 5.41) is 10.6. The van der Waals surface area contributed by atoms with Crippen molar-refractivity contribution < 1.29 is 8.78 Å². The summed E-state index contributed by atoms with van der Waals surface area (Å²) in [7, 11) is 0. The molecule has 0 radical (unpaired) electrons. The molecule has 1 atom stereocenters. The van der Waals surface area contributed by atoms with E-state index in [1.54, 1.807) is 17.1 Å². The van der Waals surface area contributed by atoms with Crippen LogP contribution in [0.3, 0.4) is 0 Å². The van der Waals surface area contributed by atoms with Crippen molar-refractivity contribution in [3.05, 3.63) is 47.8 Å². The third-order valence-corrected chi connectivity index (χ3v) is 2.69. The van der Waals surface area contributed by atoms with E-state index in [2.05, 4.69) is 15.6 Å². The Bertz CT molecular complexity index is 499. The van der Waals surface area contributed by atoms with E-state index in [9.17, 15) is 8.78 Å². The second-order valence-electron chi connectivity index (χ2n) is 4.01. The lowest BCUT2D eigenvalue weighted by Crippen LogP contribution is -2.24. The molecular formula is C12H14F2N4. The van der Waals surface area contributed by atoms with Gasteiger partial charge in [-0.25, -0.2) is 8.78 Å². The van der Waals surface area contributed by atoms with Crippen LogP contribution in [0.2, 0.25) is 0 Å². The molecule has 1 aromatic heterocycles. The summed E-state index contributed by atoms with van der Waals surface area (Å²) in [4.78, 5) is 0. The Hall–Kier alpha value is -1.82. The second kappa shape index (κ2) is 5.68. The van der Waals surface area contributed by atoms with Gasteiger partial charge in [0.1, 0.15) is 11.6 Å². The molecule has 1 N–H and O–H groups in total. The molecule has 96 valence electrons. The van der Waals surface area contributed by atoms with Gasteiger partial charge in [0, 0.05) is 30.4 Å². The van der Waals surface area contributed by atoms with Gasteiger partial charge in [-0.05, 0) is 13.0 Å². The van der Waals surface area contributed by atoms with Crippen LogP contribution in [-0.2, 0) is 6.54 Å².